The average molecular weight is 447 g/mol. The largest absolute Gasteiger partial charge is 0.481 e. The van der Waals surface area contributed by atoms with E-state index in [0.717, 1.165) is 0 Å². The molecule has 0 aliphatic carbocycles. The van der Waals surface area contributed by atoms with E-state index in [1.165, 1.54) is 41.8 Å². The fourth-order valence-corrected chi connectivity index (χ4v) is 4.41. The molecule has 2 N–H and O–H groups in total. The summed E-state index contributed by atoms with van der Waals surface area (Å²) in [5.41, 5.74) is 0.439. The van der Waals surface area contributed by atoms with E-state index >= 15 is 0 Å². The number of hydrogen-bond acceptors (Lipinski definition) is 8. The van der Waals surface area contributed by atoms with E-state index in [0.29, 0.717) is 22.9 Å². The van der Waals surface area contributed by atoms with E-state index in [1.807, 2.05) is 0 Å². The number of nitrogens with one attached hydrogen (secondary N) is 2. The van der Waals surface area contributed by atoms with Crippen LogP contribution in [-0.2, 0) is 14.8 Å². The van der Waals surface area contributed by atoms with Crippen LogP contribution in [-0.4, -0.2) is 32.2 Å². The summed E-state index contributed by atoms with van der Waals surface area (Å²) in [5.74, 6) is 1.27. The standard InChI is InChI=1S/C19H17N3O6S2/c1-12(28-14-4-7-16-17(10-14)27-11-26-16)18(23)21-13-2-5-15(6-3-13)30(24,25)22-19-20-8-9-29-19/h2-10,12H,11H2,1H3,(H,20,22)(H,21,23). The third-order valence-corrected chi connectivity index (χ3v) is 6.28. The first-order valence-corrected chi connectivity index (χ1v) is 11.2. The van der Waals surface area contributed by atoms with Crippen molar-refractivity contribution in [1.82, 2.24) is 4.98 Å². The molecular weight excluding hydrogens is 430 g/mol. The van der Waals surface area contributed by atoms with Crippen molar-refractivity contribution in [2.45, 2.75) is 17.9 Å². The molecule has 4 rings (SSSR count). The van der Waals surface area contributed by atoms with Gasteiger partial charge >= 0.3 is 0 Å². The van der Waals surface area contributed by atoms with Crippen LogP contribution in [0.5, 0.6) is 17.2 Å². The molecule has 1 atom stereocenters. The molecule has 1 aliphatic rings. The number of fused-ring (bicyclic) bond motifs is 1. The monoisotopic (exact) mass is 447 g/mol. The quantitative estimate of drug-likeness (QED) is 0.572. The number of thiazole rings is 1. The Bertz CT molecular complexity index is 1150. The Morgan fingerprint density at radius 1 is 1.17 bits per heavy atom. The molecule has 0 saturated carbocycles. The summed E-state index contributed by atoms with van der Waals surface area (Å²) >= 11 is 1.18. The summed E-state index contributed by atoms with van der Waals surface area (Å²) in [6, 6.07) is 10.8. The third kappa shape index (κ3) is 4.47. The number of sulfonamides is 1. The van der Waals surface area contributed by atoms with Crippen molar-refractivity contribution < 1.29 is 27.4 Å². The summed E-state index contributed by atoms with van der Waals surface area (Å²) in [7, 11) is -3.75. The highest BCUT2D eigenvalue weighted by atomic mass is 32.2. The number of amides is 1. The minimum Gasteiger partial charge on any atom is -0.481 e. The third-order valence-electron chi connectivity index (χ3n) is 4.11. The second kappa shape index (κ2) is 8.20. The lowest BCUT2D eigenvalue weighted by molar-refractivity contribution is -0.122. The van der Waals surface area contributed by atoms with Gasteiger partial charge in [-0.15, -0.1) is 11.3 Å². The average Bonchev–Trinajstić information content (AvgIpc) is 3.39. The molecule has 1 aliphatic heterocycles. The first kappa shape index (κ1) is 20.0. The number of benzene rings is 2. The molecule has 2 aromatic carbocycles. The zero-order valence-electron chi connectivity index (χ0n) is 15.7. The van der Waals surface area contributed by atoms with E-state index in [1.54, 1.807) is 30.5 Å². The van der Waals surface area contributed by atoms with Crippen molar-refractivity contribution in [2.24, 2.45) is 0 Å². The summed E-state index contributed by atoms with van der Waals surface area (Å²) < 4.78 is 43.3. The molecule has 1 unspecified atom stereocenters. The molecule has 0 fully saturated rings. The number of nitrogens with zero attached hydrogens (tertiary/aromatic N) is 1. The van der Waals surface area contributed by atoms with Gasteiger partial charge in [-0.2, -0.15) is 0 Å². The van der Waals surface area contributed by atoms with Gasteiger partial charge in [0.15, 0.2) is 22.7 Å². The van der Waals surface area contributed by atoms with E-state index < -0.39 is 16.1 Å². The molecule has 0 saturated heterocycles. The van der Waals surface area contributed by atoms with Crippen LogP contribution >= 0.6 is 11.3 Å². The molecule has 156 valence electrons. The Morgan fingerprint density at radius 2 is 1.93 bits per heavy atom. The fraction of sp³-hybridized carbons (Fsp3) is 0.158. The molecule has 1 aromatic heterocycles. The highest BCUT2D eigenvalue weighted by Gasteiger charge is 2.19. The van der Waals surface area contributed by atoms with Crippen LogP contribution in [0.4, 0.5) is 10.8 Å². The second-order valence-electron chi connectivity index (χ2n) is 6.23. The minimum absolute atomic E-state index is 0.0559. The van der Waals surface area contributed by atoms with Gasteiger partial charge in [-0.05, 0) is 43.3 Å². The van der Waals surface area contributed by atoms with Crippen LogP contribution in [0.3, 0.4) is 0 Å². The molecule has 3 aromatic rings. The van der Waals surface area contributed by atoms with Crippen molar-refractivity contribution in [2.75, 3.05) is 16.8 Å². The Labute approximate surface area is 176 Å². The molecule has 2 heterocycles. The summed E-state index contributed by atoms with van der Waals surface area (Å²) in [5, 5.41) is 4.64. The lowest BCUT2D eigenvalue weighted by Crippen LogP contribution is -2.30. The molecule has 0 radical (unpaired) electrons. The number of hydrogen-bond donors (Lipinski definition) is 2. The molecule has 0 spiro atoms. The topological polar surface area (TPSA) is 116 Å². The second-order valence-corrected chi connectivity index (χ2v) is 8.81. The number of carbonyl (C=O) groups is 1. The van der Waals surface area contributed by atoms with Gasteiger partial charge in [-0.25, -0.2) is 13.4 Å². The van der Waals surface area contributed by atoms with Gasteiger partial charge in [-0.1, -0.05) is 0 Å². The van der Waals surface area contributed by atoms with Crippen LogP contribution in [0.2, 0.25) is 0 Å². The summed E-state index contributed by atoms with van der Waals surface area (Å²) in [4.78, 5) is 16.4. The molecule has 9 nitrogen and oxygen atoms in total. The number of ether oxygens (including phenoxy) is 3. The Balaban J connectivity index is 1.37. The van der Waals surface area contributed by atoms with Gasteiger partial charge in [0.25, 0.3) is 15.9 Å². The Kier molecular flexibility index (Phi) is 5.46. The Morgan fingerprint density at radius 3 is 2.67 bits per heavy atom. The van der Waals surface area contributed by atoms with Crippen LogP contribution in [0.15, 0.2) is 58.9 Å². The number of aromatic nitrogens is 1. The van der Waals surface area contributed by atoms with Gasteiger partial charge in [0.1, 0.15) is 5.75 Å². The molecule has 30 heavy (non-hydrogen) atoms. The zero-order chi connectivity index (χ0) is 21.1. The smallest absolute Gasteiger partial charge is 0.265 e. The number of carbonyl (C=O) groups excluding carboxylic acids is 1. The highest BCUT2D eigenvalue weighted by molar-refractivity contribution is 7.93. The first-order valence-electron chi connectivity index (χ1n) is 8.80. The van der Waals surface area contributed by atoms with E-state index in [4.69, 9.17) is 14.2 Å². The van der Waals surface area contributed by atoms with Crippen molar-refractivity contribution >= 4 is 38.1 Å². The van der Waals surface area contributed by atoms with Crippen LogP contribution in [0.25, 0.3) is 0 Å². The first-order chi connectivity index (χ1) is 14.4. The fourth-order valence-electron chi connectivity index (χ4n) is 2.62. The van der Waals surface area contributed by atoms with Gasteiger partial charge in [0, 0.05) is 23.3 Å². The normalized spacial score (nSPS) is 13.5. The lowest BCUT2D eigenvalue weighted by atomic mass is 10.2. The van der Waals surface area contributed by atoms with Gasteiger partial charge in [0.2, 0.25) is 6.79 Å². The summed E-state index contributed by atoms with van der Waals surface area (Å²) in [6.07, 6.45) is 0.717. The maximum absolute atomic E-state index is 12.4. The van der Waals surface area contributed by atoms with Crippen molar-refractivity contribution in [3.05, 3.63) is 54.0 Å². The molecule has 0 bridgehead atoms. The van der Waals surface area contributed by atoms with E-state index in [2.05, 4.69) is 15.0 Å². The number of rotatable bonds is 7. The van der Waals surface area contributed by atoms with Crippen LogP contribution < -0.4 is 24.2 Å². The van der Waals surface area contributed by atoms with E-state index in [-0.39, 0.29) is 22.7 Å². The molecular formula is C19H17N3O6S2. The SMILES string of the molecule is CC(Oc1ccc2c(c1)OCO2)C(=O)Nc1ccc(S(=O)(=O)Nc2nccs2)cc1. The predicted molar refractivity (Wildman–Crippen MR) is 111 cm³/mol. The molecule has 1 amide bonds. The van der Waals surface area contributed by atoms with Crippen molar-refractivity contribution in [1.29, 1.82) is 0 Å². The van der Waals surface area contributed by atoms with Gasteiger partial charge in [0.05, 0.1) is 4.90 Å². The minimum atomic E-state index is -3.75. The molecule has 11 heteroatoms. The lowest BCUT2D eigenvalue weighted by Gasteiger charge is -2.15. The van der Waals surface area contributed by atoms with Gasteiger partial charge < -0.3 is 19.5 Å². The van der Waals surface area contributed by atoms with Gasteiger partial charge in [-0.3, -0.25) is 9.52 Å². The predicted octanol–water partition coefficient (Wildman–Crippen LogP) is 3.08. The van der Waals surface area contributed by atoms with Crippen molar-refractivity contribution in [3.63, 3.8) is 0 Å². The summed E-state index contributed by atoms with van der Waals surface area (Å²) in [6.45, 7) is 1.76. The maximum atomic E-state index is 12.4. The maximum Gasteiger partial charge on any atom is 0.265 e. The highest BCUT2D eigenvalue weighted by Crippen LogP contribution is 2.35. The van der Waals surface area contributed by atoms with Crippen molar-refractivity contribution in [3.8, 4) is 17.2 Å². The van der Waals surface area contributed by atoms with E-state index in [9.17, 15) is 13.2 Å². The Hall–Kier alpha value is -3.31. The van der Waals surface area contributed by atoms with Crippen LogP contribution in [0.1, 0.15) is 6.92 Å². The zero-order valence-corrected chi connectivity index (χ0v) is 17.3. The van der Waals surface area contributed by atoms with Crippen LogP contribution in [0, 0.1) is 0 Å². The number of anilines is 2.